The second-order valence-corrected chi connectivity index (χ2v) is 5.84. The SMILES string of the molecule is O=C1NC(=S)N(c2ccccc2)C(=O)C1=Cc1cc([N+](=O)[O-])c(O)cc1O. The summed E-state index contributed by atoms with van der Waals surface area (Å²) in [5, 5.41) is 32.7. The second kappa shape index (κ2) is 6.84. The summed E-state index contributed by atoms with van der Waals surface area (Å²) in [5.41, 5.74) is -0.834. The fourth-order valence-corrected chi connectivity index (χ4v) is 2.75. The zero-order valence-electron chi connectivity index (χ0n) is 13.4. The number of hydrogen-bond donors (Lipinski definition) is 3. The molecular formula is C17H11N3O6S. The number of amides is 2. The number of phenolic OH excluding ortho intramolecular Hbond substituents is 2. The Bertz CT molecular complexity index is 1020. The molecule has 3 N–H and O–H groups in total. The molecule has 136 valence electrons. The number of hydrogen-bond acceptors (Lipinski definition) is 7. The minimum Gasteiger partial charge on any atom is -0.507 e. The molecule has 2 aromatic rings. The molecule has 27 heavy (non-hydrogen) atoms. The molecule has 0 spiro atoms. The van der Waals surface area contributed by atoms with Crippen molar-refractivity contribution in [3.05, 3.63) is 63.7 Å². The van der Waals surface area contributed by atoms with Crippen molar-refractivity contribution >= 4 is 46.6 Å². The average molecular weight is 385 g/mol. The van der Waals surface area contributed by atoms with E-state index in [-0.39, 0.29) is 16.2 Å². The van der Waals surface area contributed by atoms with Gasteiger partial charge in [0.25, 0.3) is 11.8 Å². The van der Waals surface area contributed by atoms with Gasteiger partial charge in [0, 0.05) is 17.7 Å². The van der Waals surface area contributed by atoms with Gasteiger partial charge in [0.1, 0.15) is 11.3 Å². The standard InChI is InChI=1S/C17H11N3O6S/c21-13-8-14(22)12(20(25)26)7-9(13)6-11-15(23)18-17(27)19(16(11)24)10-4-2-1-3-5-10/h1-8,21-22H,(H,18,23,27). The zero-order chi connectivity index (χ0) is 19.7. The molecule has 10 heteroatoms. The van der Waals surface area contributed by atoms with Gasteiger partial charge >= 0.3 is 5.69 Å². The van der Waals surface area contributed by atoms with Crippen LogP contribution in [-0.2, 0) is 9.59 Å². The molecule has 0 bridgehead atoms. The van der Waals surface area contributed by atoms with Crippen molar-refractivity contribution < 1.29 is 24.7 Å². The van der Waals surface area contributed by atoms with Crippen LogP contribution in [0, 0.1) is 10.1 Å². The van der Waals surface area contributed by atoms with Crippen LogP contribution >= 0.6 is 12.2 Å². The van der Waals surface area contributed by atoms with E-state index in [1.54, 1.807) is 30.3 Å². The molecule has 3 rings (SSSR count). The van der Waals surface area contributed by atoms with Crippen molar-refractivity contribution in [2.45, 2.75) is 0 Å². The van der Waals surface area contributed by atoms with E-state index < -0.39 is 33.9 Å². The zero-order valence-corrected chi connectivity index (χ0v) is 14.3. The van der Waals surface area contributed by atoms with E-state index in [4.69, 9.17) is 12.2 Å². The number of nitrogens with one attached hydrogen (secondary N) is 1. The summed E-state index contributed by atoms with van der Waals surface area (Å²) in [5.74, 6) is -2.85. The number of thiocarbonyl (C=S) groups is 1. The Morgan fingerprint density at radius 1 is 1.11 bits per heavy atom. The minimum atomic E-state index is -0.856. The number of rotatable bonds is 3. The number of aromatic hydroxyl groups is 2. The predicted octanol–water partition coefficient (Wildman–Crippen LogP) is 1.84. The first-order valence-electron chi connectivity index (χ1n) is 7.46. The Balaban J connectivity index is 2.09. The molecule has 0 aromatic heterocycles. The largest absolute Gasteiger partial charge is 0.507 e. The van der Waals surface area contributed by atoms with Gasteiger partial charge in [-0.1, -0.05) is 18.2 Å². The van der Waals surface area contributed by atoms with Gasteiger partial charge in [-0.2, -0.15) is 0 Å². The van der Waals surface area contributed by atoms with Gasteiger partial charge in [-0.25, -0.2) is 0 Å². The van der Waals surface area contributed by atoms with E-state index >= 15 is 0 Å². The van der Waals surface area contributed by atoms with Gasteiger partial charge in [-0.05, 0) is 30.4 Å². The second-order valence-electron chi connectivity index (χ2n) is 5.45. The smallest absolute Gasteiger partial charge is 0.311 e. The first-order valence-corrected chi connectivity index (χ1v) is 7.87. The summed E-state index contributed by atoms with van der Waals surface area (Å²) in [6.07, 6.45) is 0.997. The van der Waals surface area contributed by atoms with Gasteiger partial charge in [-0.15, -0.1) is 0 Å². The number of nitro benzene ring substituents is 1. The Labute approximate surface area is 157 Å². The number of para-hydroxylation sites is 1. The molecule has 1 heterocycles. The van der Waals surface area contributed by atoms with Crippen molar-refractivity contribution in [2.24, 2.45) is 0 Å². The van der Waals surface area contributed by atoms with E-state index in [1.807, 2.05) is 0 Å². The highest BCUT2D eigenvalue weighted by molar-refractivity contribution is 7.80. The molecule has 1 aliphatic heterocycles. The molecule has 0 saturated carbocycles. The molecular weight excluding hydrogens is 374 g/mol. The first-order chi connectivity index (χ1) is 12.8. The van der Waals surface area contributed by atoms with Crippen LogP contribution in [0.5, 0.6) is 11.5 Å². The van der Waals surface area contributed by atoms with Gasteiger partial charge in [0.05, 0.1) is 10.6 Å². The summed E-state index contributed by atoms with van der Waals surface area (Å²) in [6, 6.07) is 9.95. The van der Waals surface area contributed by atoms with Gasteiger partial charge in [0.15, 0.2) is 10.9 Å². The molecule has 1 fully saturated rings. The molecule has 1 aliphatic rings. The Kier molecular flexibility index (Phi) is 4.57. The summed E-state index contributed by atoms with van der Waals surface area (Å²) < 4.78 is 0. The molecule has 0 atom stereocenters. The summed E-state index contributed by atoms with van der Waals surface area (Å²) in [6.45, 7) is 0. The third-order valence-electron chi connectivity index (χ3n) is 3.74. The van der Waals surface area contributed by atoms with Crippen LogP contribution < -0.4 is 10.2 Å². The van der Waals surface area contributed by atoms with E-state index in [1.165, 1.54) is 0 Å². The number of carbonyl (C=O) groups excluding carboxylic acids is 2. The fraction of sp³-hybridized carbons (Fsp3) is 0. The lowest BCUT2D eigenvalue weighted by atomic mass is 10.1. The van der Waals surface area contributed by atoms with Crippen LogP contribution in [0.2, 0.25) is 0 Å². The van der Waals surface area contributed by atoms with Crippen molar-refractivity contribution in [3.63, 3.8) is 0 Å². The quantitative estimate of drug-likeness (QED) is 0.241. The normalized spacial score (nSPS) is 15.8. The predicted molar refractivity (Wildman–Crippen MR) is 99.1 cm³/mol. The lowest BCUT2D eigenvalue weighted by Crippen LogP contribution is -2.54. The van der Waals surface area contributed by atoms with E-state index in [0.717, 1.165) is 23.1 Å². The van der Waals surface area contributed by atoms with Crippen molar-refractivity contribution in [2.75, 3.05) is 4.90 Å². The Morgan fingerprint density at radius 3 is 2.41 bits per heavy atom. The van der Waals surface area contributed by atoms with Crippen LogP contribution in [0.1, 0.15) is 5.56 Å². The maximum Gasteiger partial charge on any atom is 0.311 e. The molecule has 2 amide bonds. The molecule has 9 nitrogen and oxygen atoms in total. The number of carbonyl (C=O) groups is 2. The molecule has 0 unspecified atom stereocenters. The Hall–Kier alpha value is -3.79. The van der Waals surface area contributed by atoms with Gasteiger partial charge in [0.2, 0.25) is 0 Å². The first kappa shape index (κ1) is 18.0. The van der Waals surface area contributed by atoms with Gasteiger partial charge < -0.3 is 10.2 Å². The van der Waals surface area contributed by atoms with Crippen LogP contribution in [-0.4, -0.2) is 32.1 Å². The van der Waals surface area contributed by atoms with E-state index in [2.05, 4.69) is 5.32 Å². The lowest BCUT2D eigenvalue weighted by molar-refractivity contribution is -0.385. The number of nitrogens with zero attached hydrogens (tertiary/aromatic N) is 2. The molecule has 0 radical (unpaired) electrons. The van der Waals surface area contributed by atoms with E-state index in [9.17, 15) is 29.9 Å². The highest BCUT2D eigenvalue weighted by atomic mass is 32.1. The highest BCUT2D eigenvalue weighted by Gasteiger charge is 2.34. The number of nitro groups is 1. The van der Waals surface area contributed by atoms with Crippen molar-refractivity contribution in [1.82, 2.24) is 5.32 Å². The maximum absolute atomic E-state index is 12.8. The summed E-state index contributed by atoms with van der Waals surface area (Å²) >= 11 is 5.05. The monoisotopic (exact) mass is 385 g/mol. The van der Waals surface area contributed by atoms with Crippen LogP contribution in [0.4, 0.5) is 11.4 Å². The lowest BCUT2D eigenvalue weighted by Gasteiger charge is -2.28. The topological polar surface area (TPSA) is 133 Å². The van der Waals surface area contributed by atoms with Crippen LogP contribution in [0.15, 0.2) is 48.0 Å². The van der Waals surface area contributed by atoms with Crippen LogP contribution in [0.25, 0.3) is 6.08 Å². The number of phenols is 2. The Morgan fingerprint density at radius 2 is 1.78 bits per heavy atom. The third kappa shape index (κ3) is 3.33. The van der Waals surface area contributed by atoms with Gasteiger partial charge in [-0.3, -0.25) is 29.9 Å². The van der Waals surface area contributed by atoms with Crippen molar-refractivity contribution in [3.8, 4) is 11.5 Å². The number of anilines is 1. The highest BCUT2D eigenvalue weighted by Crippen LogP contribution is 2.34. The third-order valence-corrected chi connectivity index (χ3v) is 4.02. The average Bonchev–Trinajstić information content (AvgIpc) is 2.60. The van der Waals surface area contributed by atoms with Crippen molar-refractivity contribution in [1.29, 1.82) is 0 Å². The molecule has 2 aromatic carbocycles. The fourth-order valence-electron chi connectivity index (χ4n) is 2.47. The minimum absolute atomic E-state index is 0.116. The maximum atomic E-state index is 12.8. The summed E-state index contributed by atoms with van der Waals surface area (Å²) in [7, 11) is 0. The summed E-state index contributed by atoms with van der Waals surface area (Å²) in [4.78, 5) is 36.2. The molecule has 0 aliphatic carbocycles. The van der Waals surface area contributed by atoms with E-state index in [0.29, 0.717) is 5.69 Å². The molecule has 1 saturated heterocycles. The van der Waals surface area contributed by atoms with Crippen LogP contribution in [0.3, 0.4) is 0 Å². The number of benzene rings is 2.